The van der Waals surface area contributed by atoms with Crippen molar-refractivity contribution in [1.82, 2.24) is 5.32 Å². The molecule has 0 aliphatic heterocycles. The summed E-state index contributed by atoms with van der Waals surface area (Å²) in [6.45, 7) is 3.63. The highest BCUT2D eigenvalue weighted by Crippen LogP contribution is 2.32. The fourth-order valence-electron chi connectivity index (χ4n) is 1.38. The van der Waals surface area contributed by atoms with Crippen molar-refractivity contribution in [2.24, 2.45) is 5.92 Å². The SMILES string of the molecule is CCC(C)(OC)C(=O)NC(C#N)C1CC1. The molecule has 15 heavy (non-hydrogen) atoms. The van der Waals surface area contributed by atoms with Crippen LogP contribution in [0.25, 0.3) is 0 Å². The van der Waals surface area contributed by atoms with Crippen LogP contribution >= 0.6 is 0 Å². The number of carbonyl (C=O) groups excluding carboxylic acids is 1. The van der Waals surface area contributed by atoms with E-state index in [1.807, 2.05) is 6.92 Å². The molecule has 1 fully saturated rings. The van der Waals surface area contributed by atoms with Crippen molar-refractivity contribution in [3.8, 4) is 6.07 Å². The van der Waals surface area contributed by atoms with Crippen LogP contribution in [0.5, 0.6) is 0 Å². The van der Waals surface area contributed by atoms with Gasteiger partial charge in [0.2, 0.25) is 0 Å². The normalized spacial score (nSPS) is 21.2. The molecular formula is C11H18N2O2. The van der Waals surface area contributed by atoms with Crippen molar-refractivity contribution in [1.29, 1.82) is 5.26 Å². The number of ether oxygens (including phenoxy) is 1. The molecule has 0 radical (unpaired) electrons. The number of rotatable bonds is 5. The van der Waals surface area contributed by atoms with Crippen LogP contribution in [0.1, 0.15) is 33.1 Å². The molecule has 0 saturated heterocycles. The molecule has 84 valence electrons. The highest BCUT2D eigenvalue weighted by Gasteiger charge is 2.37. The fourth-order valence-corrected chi connectivity index (χ4v) is 1.38. The lowest BCUT2D eigenvalue weighted by Gasteiger charge is -2.26. The average Bonchev–Trinajstić information content (AvgIpc) is 3.08. The molecular weight excluding hydrogens is 192 g/mol. The standard InChI is InChI=1S/C11H18N2O2/c1-4-11(2,15-3)10(14)13-9(7-12)8-5-6-8/h8-9H,4-6H2,1-3H3,(H,13,14). The number of methoxy groups -OCH3 is 1. The third kappa shape index (κ3) is 2.69. The van der Waals surface area contributed by atoms with Crippen LogP contribution < -0.4 is 5.32 Å². The van der Waals surface area contributed by atoms with Gasteiger partial charge in [0.1, 0.15) is 11.6 Å². The van der Waals surface area contributed by atoms with E-state index in [0.717, 1.165) is 12.8 Å². The van der Waals surface area contributed by atoms with Crippen molar-refractivity contribution < 1.29 is 9.53 Å². The van der Waals surface area contributed by atoms with Gasteiger partial charge < -0.3 is 10.1 Å². The first-order valence-electron chi connectivity index (χ1n) is 5.33. The maximum Gasteiger partial charge on any atom is 0.252 e. The molecule has 0 spiro atoms. The van der Waals surface area contributed by atoms with Crippen molar-refractivity contribution in [2.75, 3.05) is 7.11 Å². The van der Waals surface area contributed by atoms with Gasteiger partial charge in [-0.2, -0.15) is 5.26 Å². The van der Waals surface area contributed by atoms with Gasteiger partial charge in [-0.3, -0.25) is 4.79 Å². The average molecular weight is 210 g/mol. The van der Waals surface area contributed by atoms with Gasteiger partial charge in [0.05, 0.1) is 6.07 Å². The molecule has 1 saturated carbocycles. The molecule has 0 aromatic carbocycles. The van der Waals surface area contributed by atoms with E-state index in [9.17, 15) is 4.79 Å². The number of nitrogens with zero attached hydrogens (tertiary/aromatic N) is 1. The topological polar surface area (TPSA) is 62.1 Å². The summed E-state index contributed by atoms with van der Waals surface area (Å²) >= 11 is 0. The third-order valence-corrected chi connectivity index (χ3v) is 3.12. The van der Waals surface area contributed by atoms with Crippen LogP contribution in [-0.4, -0.2) is 24.7 Å². The summed E-state index contributed by atoms with van der Waals surface area (Å²) < 4.78 is 5.17. The van der Waals surface area contributed by atoms with Gasteiger partial charge in [0.25, 0.3) is 5.91 Å². The molecule has 0 aromatic heterocycles. The first-order chi connectivity index (χ1) is 7.07. The Morgan fingerprint density at radius 2 is 2.33 bits per heavy atom. The highest BCUT2D eigenvalue weighted by atomic mass is 16.5. The number of nitrogens with one attached hydrogen (secondary N) is 1. The summed E-state index contributed by atoms with van der Waals surface area (Å²) in [5.74, 6) is 0.155. The summed E-state index contributed by atoms with van der Waals surface area (Å²) in [7, 11) is 1.52. The Balaban J connectivity index is 2.56. The lowest BCUT2D eigenvalue weighted by molar-refractivity contribution is -0.142. The molecule has 2 unspecified atom stereocenters. The van der Waals surface area contributed by atoms with Gasteiger partial charge in [-0.25, -0.2) is 0 Å². The fraction of sp³-hybridized carbons (Fsp3) is 0.818. The Bertz CT molecular complexity index is 275. The first kappa shape index (κ1) is 12.0. The summed E-state index contributed by atoms with van der Waals surface area (Å²) in [5, 5.41) is 11.6. The Morgan fingerprint density at radius 3 is 2.67 bits per heavy atom. The number of nitriles is 1. The summed E-state index contributed by atoms with van der Waals surface area (Å²) in [6, 6.07) is 1.78. The van der Waals surface area contributed by atoms with E-state index >= 15 is 0 Å². The summed E-state index contributed by atoms with van der Waals surface area (Å²) in [6.07, 6.45) is 2.67. The Hall–Kier alpha value is -1.08. The second kappa shape index (κ2) is 4.63. The highest BCUT2D eigenvalue weighted by molar-refractivity contribution is 5.85. The van der Waals surface area contributed by atoms with Crippen LogP contribution in [0, 0.1) is 17.2 Å². The van der Waals surface area contributed by atoms with Gasteiger partial charge in [-0.15, -0.1) is 0 Å². The predicted molar refractivity (Wildman–Crippen MR) is 56.0 cm³/mol. The number of hydrogen-bond acceptors (Lipinski definition) is 3. The van der Waals surface area contributed by atoms with E-state index in [-0.39, 0.29) is 11.9 Å². The molecule has 0 bridgehead atoms. The number of hydrogen-bond donors (Lipinski definition) is 1. The van der Waals surface area contributed by atoms with Crippen molar-refractivity contribution in [3.05, 3.63) is 0 Å². The zero-order chi connectivity index (χ0) is 11.5. The smallest absolute Gasteiger partial charge is 0.252 e. The number of amides is 1. The molecule has 4 heteroatoms. The summed E-state index contributed by atoms with van der Waals surface area (Å²) in [4.78, 5) is 11.8. The molecule has 1 N–H and O–H groups in total. The minimum atomic E-state index is -0.815. The van der Waals surface area contributed by atoms with E-state index in [0.29, 0.717) is 12.3 Å². The molecule has 1 amide bonds. The van der Waals surface area contributed by atoms with E-state index in [1.165, 1.54) is 7.11 Å². The van der Waals surface area contributed by atoms with E-state index in [1.54, 1.807) is 6.92 Å². The van der Waals surface area contributed by atoms with Crippen LogP contribution in [0.2, 0.25) is 0 Å². The second-order valence-electron chi connectivity index (χ2n) is 4.21. The van der Waals surface area contributed by atoms with Crippen molar-refractivity contribution >= 4 is 5.91 Å². The van der Waals surface area contributed by atoms with Crippen molar-refractivity contribution in [3.63, 3.8) is 0 Å². The molecule has 4 nitrogen and oxygen atoms in total. The molecule has 0 aromatic rings. The molecule has 1 rings (SSSR count). The maximum atomic E-state index is 11.8. The predicted octanol–water partition coefficient (Wildman–Crippen LogP) is 1.22. The maximum absolute atomic E-state index is 11.8. The second-order valence-corrected chi connectivity index (χ2v) is 4.21. The Labute approximate surface area is 90.6 Å². The monoisotopic (exact) mass is 210 g/mol. The lowest BCUT2D eigenvalue weighted by Crippen LogP contribution is -2.49. The largest absolute Gasteiger partial charge is 0.369 e. The van der Waals surface area contributed by atoms with E-state index in [2.05, 4.69) is 11.4 Å². The van der Waals surface area contributed by atoms with Crippen LogP contribution in [0.3, 0.4) is 0 Å². The number of carbonyl (C=O) groups is 1. The Morgan fingerprint density at radius 1 is 1.73 bits per heavy atom. The van der Waals surface area contributed by atoms with Gasteiger partial charge in [-0.1, -0.05) is 6.92 Å². The van der Waals surface area contributed by atoms with Gasteiger partial charge in [0.15, 0.2) is 0 Å². The quantitative estimate of drug-likeness (QED) is 0.742. The first-order valence-corrected chi connectivity index (χ1v) is 5.33. The van der Waals surface area contributed by atoms with Crippen LogP contribution in [-0.2, 0) is 9.53 Å². The minimum Gasteiger partial charge on any atom is -0.369 e. The van der Waals surface area contributed by atoms with Crippen LogP contribution in [0.15, 0.2) is 0 Å². The zero-order valence-electron chi connectivity index (χ0n) is 9.54. The van der Waals surface area contributed by atoms with Crippen LogP contribution in [0.4, 0.5) is 0 Å². The minimum absolute atomic E-state index is 0.189. The Kier molecular flexibility index (Phi) is 3.70. The third-order valence-electron chi connectivity index (χ3n) is 3.12. The molecule has 2 atom stereocenters. The molecule has 0 heterocycles. The van der Waals surface area contributed by atoms with Crippen molar-refractivity contribution in [2.45, 2.75) is 44.8 Å². The lowest BCUT2D eigenvalue weighted by atomic mass is 10.0. The molecule has 1 aliphatic carbocycles. The van der Waals surface area contributed by atoms with Gasteiger partial charge >= 0.3 is 0 Å². The van der Waals surface area contributed by atoms with Gasteiger partial charge in [-0.05, 0) is 32.1 Å². The van der Waals surface area contributed by atoms with Gasteiger partial charge in [0, 0.05) is 7.11 Å². The van der Waals surface area contributed by atoms with E-state index in [4.69, 9.17) is 10.00 Å². The van der Waals surface area contributed by atoms with E-state index < -0.39 is 5.60 Å². The molecule has 1 aliphatic rings. The zero-order valence-corrected chi connectivity index (χ0v) is 9.54. The summed E-state index contributed by atoms with van der Waals surface area (Å²) in [5.41, 5.74) is -0.815.